The van der Waals surface area contributed by atoms with Crippen molar-refractivity contribution in [3.8, 4) is 0 Å². The van der Waals surface area contributed by atoms with Crippen molar-refractivity contribution in [2.24, 2.45) is 15.8 Å². The Labute approximate surface area is 175 Å². The molecule has 0 aromatic carbocycles. The molecule has 0 aromatic heterocycles. The van der Waals surface area contributed by atoms with Crippen LogP contribution in [-0.2, 0) is 9.53 Å². The Hall–Kier alpha value is -0.570. The monoisotopic (exact) mass is 480 g/mol. The number of likely N-dealkylation sites (tertiary alicyclic amines) is 1. The number of halogens is 1. The number of rotatable bonds is 5. The standard InChI is InChI=1S/C19H36N4O2.HI/c1-5-20-16(24)18(3,4)13-22-17(21-6-2)23-11-7-9-19(14-23)10-8-12-25-15-19;/h5-15H2,1-4H3,(H,20,24)(H,21,22);1H. The first-order valence-corrected chi connectivity index (χ1v) is 9.82. The summed E-state index contributed by atoms with van der Waals surface area (Å²) in [4.78, 5) is 19.4. The molecular formula is C19H37IN4O2. The van der Waals surface area contributed by atoms with Crippen molar-refractivity contribution in [1.29, 1.82) is 0 Å². The molecule has 1 unspecified atom stereocenters. The van der Waals surface area contributed by atoms with E-state index in [-0.39, 0.29) is 35.3 Å². The predicted molar refractivity (Wildman–Crippen MR) is 117 cm³/mol. The van der Waals surface area contributed by atoms with E-state index in [1.54, 1.807) is 0 Å². The van der Waals surface area contributed by atoms with Gasteiger partial charge in [-0.1, -0.05) is 0 Å². The van der Waals surface area contributed by atoms with Gasteiger partial charge in [0.25, 0.3) is 0 Å². The number of amides is 1. The number of piperidine rings is 1. The maximum absolute atomic E-state index is 12.2. The Morgan fingerprint density at radius 3 is 2.50 bits per heavy atom. The van der Waals surface area contributed by atoms with Crippen LogP contribution in [0.4, 0.5) is 0 Å². The number of carbonyl (C=O) groups excluding carboxylic acids is 1. The molecule has 2 aliphatic heterocycles. The van der Waals surface area contributed by atoms with Gasteiger partial charge < -0.3 is 20.3 Å². The molecule has 2 rings (SSSR count). The molecular weight excluding hydrogens is 443 g/mol. The minimum atomic E-state index is -0.502. The Bertz CT molecular complexity index is 471. The summed E-state index contributed by atoms with van der Waals surface area (Å²) in [6, 6.07) is 0. The Morgan fingerprint density at radius 1 is 1.19 bits per heavy atom. The molecule has 0 saturated carbocycles. The maximum atomic E-state index is 12.2. The number of aliphatic imine (C=N–C) groups is 1. The summed E-state index contributed by atoms with van der Waals surface area (Å²) in [5.74, 6) is 0.995. The van der Waals surface area contributed by atoms with E-state index in [1.165, 1.54) is 19.3 Å². The van der Waals surface area contributed by atoms with Crippen molar-refractivity contribution in [2.75, 3.05) is 45.9 Å². The lowest BCUT2D eigenvalue weighted by Crippen LogP contribution is -2.53. The highest BCUT2D eigenvalue weighted by atomic mass is 127. The van der Waals surface area contributed by atoms with Crippen LogP contribution in [0.25, 0.3) is 0 Å². The van der Waals surface area contributed by atoms with Gasteiger partial charge in [0.05, 0.1) is 18.6 Å². The van der Waals surface area contributed by atoms with Crippen LogP contribution in [0.1, 0.15) is 53.4 Å². The fraction of sp³-hybridized carbons (Fsp3) is 0.895. The fourth-order valence-corrected chi connectivity index (χ4v) is 3.79. The average molecular weight is 480 g/mol. The molecule has 0 radical (unpaired) electrons. The van der Waals surface area contributed by atoms with Crippen molar-refractivity contribution in [3.05, 3.63) is 0 Å². The highest BCUT2D eigenvalue weighted by Crippen LogP contribution is 2.37. The Kier molecular flexibility index (Phi) is 9.64. The van der Waals surface area contributed by atoms with E-state index >= 15 is 0 Å². The Balaban J connectivity index is 0.00000338. The van der Waals surface area contributed by atoms with Crippen molar-refractivity contribution >= 4 is 35.8 Å². The van der Waals surface area contributed by atoms with E-state index < -0.39 is 5.41 Å². The highest BCUT2D eigenvalue weighted by molar-refractivity contribution is 14.0. The highest BCUT2D eigenvalue weighted by Gasteiger charge is 2.38. The molecule has 6 nitrogen and oxygen atoms in total. The van der Waals surface area contributed by atoms with Gasteiger partial charge in [0.15, 0.2) is 5.96 Å². The molecule has 1 amide bonds. The molecule has 1 atom stereocenters. The SMILES string of the molecule is CCNC(=O)C(C)(C)CN=C(NCC)N1CCCC2(CCCOC2)C1.I. The lowest BCUT2D eigenvalue weighted by Gasteiger charge is -2.45. The van der Waals surface area contributed by atoms with E-state index in [0.29, 0.717) is 13.1 Å². The number of ether oxygens (including phenoxy) is 1. The molecule has 2 aliphatic rings. The summed E-state index contributed by atoms with van der Waals surface area (Å²) < 4.78 is 5.78. The molecule has 0 bridgehead atoms. The number of nitrogens with zero attached hydrogens (tertiary/aromatic N) is 2. The molecule has 0 aliphatic carbocycles. The number of hydrogen-bond acceptors (Lipinski definition) is 3. The van der Waals surface area contributed by atoms with Crippen molar-refractivity contribution in [3.63, 3.8) is 0 Å². The lowest BCUT2D eigenvalue weighted by molar-refractivity contribution is -0.128. The first kappa shape index (κ1) is 23.5. The fourth-order valence-electron chi connectivity index (χ4n) is 3.79. The first-order chi connectivity index (χ1) is 11.9. The van der Waals surface area contributed by atoms with Crippen molar-refractivity contribution < 1.29 is 9.53 Å². The van der Waals surface area contributed by atoms with Crippen LogP contribution in [0.2, 0.25) is 0 Å². The van der Waals surface area contributed by atoms with E-state index in [0.717, 1.165) is 45.2 Å². The zero-order valence-corrected chi connectivity index (χ0v) is 19.2. The van der Waals surface area contributed by atoms with Gasteiger partial charge in [-0.3, -0.25) is 9.79 Å². The van der Waals surface area contributed by atoms with Crippen LogP contribution >= 0.6 is 24.0 Å². The molecule has 0 aromatic rings. The average Bonchev–Trinajstić information content (AvgIpc) is 2.59. The summed E-state index contributed by atoms with van der Waals surface area (Å²) in [6.07, 6.45) is 4.82. The van der Waals surface area contributed by atoms with Crippen LogP contribution in [0.3, 0.4) is 0 Å². The van der Waals surface area contributed by atoms with Gasteiger partial charge in [-0.25, -0.2) is 0 Å². The third-order valence-electron chi connectivity index (χ3n) is 5.28. The number of hydrogen-bond donors (Lipinski definition) is 2. The van der Waals surface area contributed by atoms with Gasteiger partial charge in [-0.05, 0) is 53.4 Å². The van der Waals surface area contributed by atoms with Gasteiger partial charge in [0.2, 0.25) is 5.91 Å². The second-order valence-electron chi connectivity index (χ2n) is 8.09. The summed E-state index contributed by atoms with van der Waals surface area (Å²) in [6.45, 7) is 13.7. The molecule has 26 heavy (non-hydrogen) atoms. The van der Waals surface area contributed by atoms with Crippen LogP contribution in [-0.4, -0.2) is 62.7 Å². The molecule has 7 heteroatoms. The lowest BCUT2D eigenvalue weighted by atomic mass is 9.76. The zero-order chi connectivity index (χ0) is 18.3. The quantitative estimate of drug-likeness (QED) is 0.361. The van der Waals surface area contributed by atoms with E-state index in [1.807, 2.05) is 20.8 Å². The Morgan fingerprint density at radius 2 is 1.88 bits per heavy atom. The summed E-state index contributed by atoms with van der Waals surface area (Å²) in [7, 11) is 0. The summed E-state index contributed by atoms with van der Waals surface area (Å²) in [5, 5.41) is 6.33. The molecule has 2 heterocycles. The number of carbonyl (C=O) groups is 1. The van der Waals surface area contributed by atoms with Crippen LogP contribution in [0.5, 0.6) is 0 Å². The minimum absolute atomic E-state index is 0. The number of guanidine groups is 1. The minimum Gasteiger partial charge on any atom is -0.381 e. The second kappa shape index (κ2) is 10.7. The van der Waals surface area contributed by atoms with Gasteiger partial charge in [0, 0.05) is 38.2 Å². The largest absolute Gasteiger partial charge is 0.381 e. The van der Waals surface area contributed by atoms with Crippen LogP contribution in [0, 0.1) is 10.8 Å². The third-order valence-corrected chi connectivity index (χ3v) is 5.28. The molecule has 2 fully saturated rings. The molecule has 2 saturated heterocycles. The third kappa shape index (κ3) is 6.25. The van der Waals surface area contributed by atoms with E-state index in [4.69, 9.17) is 9.73 Å². The van der Waals surface area contributed by atoms with Gasteiger partial charge >= 0.3 is 0 Å². The normalized spacial score (nSPS) is 24.2. The van der Waals surface area contributed by atoms with Crippen LogP contribution < -0.4 is 10.6 Å². The predicted octanol–water partition coefficient (Wildman–Crippen LogP) is 2.62. The molecule has 1 spiro atoms. The maximum Gasteiger partial charge on any atom is 0.227 e. The van der Waals surface area contributed by atoms with Gasteiger partial charge in [-0.2, -0.15) is 0 Å². The summed E-state index contributed by atoms with van der Waals surface area (Å²) in [5.41, 5.74) is -0.222. The van der Waals surface area contributed by atoms with E-state index in [9.17, 15) is 4.79 Å². The second-order valence-corrected chi connectivity index (χ2v) is 8.09. The van der Waals surface area contributed by atoms with Crippen molar-refractivity contribution in [2.45, 2.75) is 53.4 Å². The first-order valence-electron chi connectivity index (χ1n) is 9.82. The topological polar surface area (TPSA) is 66.0 Å². The molecule has 2 N–H and O–H groups in total. The zero-order valence-electron chi connectivity index (χ0n) is 16.9. The van der Waals surface area contributed by atoms with Crippen LogP contribution in [0.15, 0.2) is 4.99 Å². The van der Waals surface area contributed by atoms with Gasteiger partial charge in [-0.15, -0.1) is 24.0 Å². The molecule has 152 valence electrons. The smallest absolute Gasteiger partial charge is 0.227 e. The van der Waals surface area contributed by atoms with Crippen molar-refractivity contribution in [1.82, 2.24) is 15.5 Å². The number of nitrogens with one attached hydrogen (secondary N) is 2. The summed E-state index contributed by atoms with van der Waals surface area (Å²) >= 11 is 0. The van der Waals surface area contributed by atoms with E-state index in [2.05, 4.69) is 22.5 Å². The van der Waals surface area contributed by atoms with Gasteiger partial charge in [0.1, 0.15) is 0 Å².